The Labute approximate surface area is 173 Å². The van der Waals surface area contributed by atoms with Gasteiger partial charge in [-0.05, 0) is 81.5 Å². The average molecular weight is 428 g/mol. The first-order valence-electron chi connectivity index (χ1n) is 10.8. The van der Waals surface area contributed by atoms with E-state index in [4.69, 9.17) is 4.74 Å². The van der Waals surface area contributed by atoms with Gasteiger partial charge in [-0.2, -0.15) is 13.2 Å². The van der Waals surface area contributed by atoms with Gasteiger partial charge < -0.3 is 10.1 Å². The van der Waals surface area contributed by atoms with Crippen molar-refractivity contribution in [3.8, 4) is 5.75 Å². The van der Waals surface area contributed by atoms with Crippen molar-refractivity contribution >= 4 is 5.91 Å². The molecule has 0 spiro atoms. The van der Waals surface area contributed by atoms with Crippen LogP contribution >= 0.6 is 0 Å². The number of nitrogens with zero attached hydrogens (tertiary/aromatic N) is 1. The highest BCUT2D eigenvalue weighted by Crippen LogP contribution is 2.49. The number of hydrogen-bond donors (Lipinski definition) is 1. The molecule has 3 fully saturated rings. The summed E-state index contributed by atoms with van der Waals surface area (Å²) in [6.07, 6.45) is 1.39. The molecule has 2 aliphatic carbocycles. The van der Waals surface area contributed by atoms with Gasteiger partial charge in [0.2, 0.25) is 0 Å². The van der Waals surface area contributed by atoms with Gasteiger partial charge >= 0.3 is 6.18 Å². The van der Waals surface area contributed by atoms with E-state index in [0.717, 1.165) is 38.5 Å². The second-order valence-electron chi connectivity index (χ2n) is 8.91. The SMILES string of the molecule is O=C(NC1CC1)c1ccc(OCCC2C[C@@H]2C2CCN(CC(F)(F)F)CC2)cc1F. The lowest BCUT2D eigenvalue weighted by atomic mass is 9.90. The molecule has 0 bridgehead atoms. The van der Waals surface area contributed by atoms with Gasteiger partial charge in [-0.25, -0.2) is 4.39 Å². The topological polar surface area (TPSA) is 41.6 Å². The number of piperidine rings is 1. The van der Waals surface area contributed by atoms with Crippen molar-refractivity contribution in [2.75, 3.05) is 26.2 Å². The fourth-order valence-electron chi connectivity index (χ4n) is 4.56. The largest absolute Gasteiger partial charge is 0.493 e. The Kier molecular flexibility index (Phi) is 6.23. The van der Waals surface area contributed by atoms with Gasteiger partial charge in [-0.15, -0.1) is 0 Å². The summed E-state index contributed by atoms with van der Waals surface area (Å²) in [6.45, 7) is 0.702. The zero-order valence-corrected chi connectivity index (χ0v) is 16.9. The van der Waals surface area contributed by atoms with Crippen molar-refractivity contribution in [2.24, 2.45) is 17.8 Å². The second kappa shape index (κ2) is 8.73. The fraction of sp³-hybridized carbons (Fsp3) is 0.682. The summed E-state index contributed by atoms with van der Waals surface area (Å²) in [5, 5.41) is 2.77. The van der Waals surface area contributed by atoms with Gasteiger partial charge in [0.15, 0.2) is 0 Å². The molecule has 0 aromatic heterocycles. The highest BCUT2D eigenvalue weighted by atomic mass is 19.4. The summed E-state index contributed by atoms with van der Waals surface area (Å²) in [5.74, 6) is 1.06. The molecule has 0 radical (unpaired) electrons. The third kappa shape index (κ3) is 5.86. The number of alkyl halides is 3. The van der Waals surface area contributed by atoms with Crippen molar-refractivity contribution < 1.29 is 27.1 Å². The van der Waals surface area contributed by atoms with Crippen LogP contribution in [0.5, 0.6) is 5.75 Å². The van der Waals surface area contributed by atoms with E-state index in [9.17, 15) is 22.4 Å². The van der Waals surface area contributed by atoms with Gasteiger partial charge in [0.25, 0.3) is 5.91 Å². The quantitative estimate of drug-likeness (QED) is 0.624. The Hall–Kier alpha value is -1.83. The summed E-state index contributed by atoms with van der Waals surface area (Å²) in [7, 11) is 0. The lowest BCUT2D eigenvalue weighted by Crippen LogP contribution is -2.40. The zero-order chi connectivity index (χ0) is 21.3. The molecule has 2 atom stereocenters. The number of nitrogens with one attached hydrogen (secondary N) is 1. The first-order valence-corrected chi connectivity index (χ1v) is 10.8. The van der Waals surface area contributed by atoms with E-state index in [1.165, 1.54) is 17.0 Å². The molecule has 4 nitrogen and oxygen atoms in total. The molecule has 8 heteroatoms. The smallest absolute Gasteiger partial charge is 0.401 e. The van der Waals surface area contributed by atoms with E-state index in [-0.39, 0.29) is 17.5 Å². The Morgan fingerprint density at radius 3 is 2.53 bits per heavy atom. The fourth-order valence-corrected chi connectivity index (χ4v) is 4.56. The summed E-state index contributed by atoms with van der Waals surface area (Å²) >= 11 is 0. The number of carbonyl (C=O) groups excluding carboxylic acids is 1. The van der Waals surface area contributed by atoms with Crippen molar-refractivity contribution in [1.29, 1.82) is 0 Å². The second-order valence-corrected chi connectivity index (χ2v) is 8.91. The summed E-state index contributed by atoms with van der Waals surface area (Å²) in [4.78, 5) is 13.5. The molecule has 1 aliphatic heterocycles. The van der Waals surface area contributed by atoms with Gasteiger partial charge in [-0.1, -0.05) is 0 Å². The minimum absolute atomic E-state index is 0.0355. The van der Waals surface area contributed by atoms with E-state index in [2.05, 4.69) is 5.32 Å². The highest BCUT2D eigenvalue weighted by Gasteiger charge is 2.44. The molecule has 1 heterocycles. The van der Waals surface area contributed by atoms with Crippen LogP contribution in [0.4, 0.5) is 17.6 Å². The number of ether oxygens (including phenoxy) is 1. The predicted molar refractivity (Wildman–Crippen MR) is 104 cm³/mol. The number of amides is 1. The number of benzene rings is 1. The van der Waals surface area contributed by atoms with E-state index in [1.807, 2.05) is 0 Å². The van der Waals surface area contributed by atoms with Gasteiger partial charge in [0.05, 0.1) is 18.7 Å². The van der Waals surface area contributed by atoms with Crippen LogP contribution in [-0.2, 0) is 0 Å². The first kappa shape index (κ1) is 21.4. The average Bonchev–Trinajstić information content (AvgIpc) is 3.58. The Morgan fingerprint density at radius 2 is 1.90 bits per heavy atom. The normalized spacial score (nSPS) is 25.2. The molecular formula is C22H28F4N2O2. The molecule has 4 rings (SSSR count). The van der Waals surface area contributed by atoms with Crippen LogP contribution in [-0.4, -0.2) is 49.3 Å². The van der Waals surface area contributed by atoms with Crippen LogP contribution in [0.25, 0.3) is 0 Å². The molecule has 1 aromatic carbocycles. The molecule has 1 unspecified atom stereocenters. The summed E-state index contributed by atoms with van der Waals surface area (Å²) in [6, 6.07) is 4.50. The lowest BCUT2D eigenvalue weighted by molar-refractivity contribution is -0.148. The van der Waals surface area contributed by atoms with E-state index in [1.54, 1.807) is 6.07 Å². The summed E-state index contributed by atoms with van der Waals surface area (Å²) in [5.41, 5.74) is 0.0355. The lowest BCUT2D eigenvalue weighted by Gasteiger charge is -2.32. The summed E-state index contributed by atoms with van der Waals surface area (Å²) < 4.78 is 57.3. The maximum absolute atomic E-state index is 14.2. The highest BCUT2D eigenvalue weighted by molar-refractivity contribution is 5.95. The Balaban J connectivity index is 1.16. The number of carbonyl (C=O) groups is 1. The monoisotopic (exact) mass is 428 g/mol. The van der Waals surface area contributed by atoms with Gasteiger partial charge in [0, 0.05) is 12.1 Å². The van der Waals surface area contributed by atoms with E-state index >= 15 is 0 Å². The molecule has 1 amide bonds. The molecule has 1 saturated heterocycles. The van der Waals surface area contributed by atoms with Gasteiger partial charge in [-0.3, -0.25) is 9.69 Å². The number of rotatable bonds is 8. The Bertz CT molecular complexity index is 758. The molecule has 166 valence electrons. The molecule has 3 aliphatic rings. The van der Waals surface area contributed by atoms with E-state index < -0.39 is 18.5 Å². The van der Waals surface area contributed by atoms with Crippen molar-refractivity contribution in [3.63, 3.8) is 0 Å². The molecule has 1 aromatic rings. The predicted octanol–water partition coefficient (Wildman–Crippen LogP) is 4.40. The first-order chi connectivity index (χ1) is 14.3. The zero-order valence-electron chi connectivity index (χ0n) is 16.9. The third-order valence-electron chi connectivity index (χ3n) is 6.47. The van der Waals surface area contributed by atoms with Crippen LogP contribution in [0, 0.1) is 23.6 Å². The number of halogens is 4. The minimum atomic E-state index is -4.12. The van der Waals surface area contributed by atoms with E-state index in [0.29, 0.717) is 43.2 Å². The van der Waals surface area contributed by atoms with Crippen LogP contribution in [0.2, 0.25) is 0 Å². The van der Waals surface area contributed by atoms with Crippen LogP contribution in [0.15, 0.2) is 18.2 Å². The third-order valence-corrected chi connectivity index (χ3v) is 6.47. The maximum Gasteiger partial charge on any atom is 0.401 e. The van der Waals surface area contributed by atoms with Gasteiger partial charge in [0.1, 0.15) is 11.6 Å². The Morgan fingerprint density at radius 1 is 1.17 bits per heavy atom. The minimum Gasteiger partial charge on any atom is -0.493 e. The van der Waals surface area contributed by atoms with Crippen LogP contribution in [0.3, 0.4) is 0 Å². The van der Waals surface area contributed by atoms with Crippen molar-refractivity contribution in [3.05, 3.63) is 29.6 Å². The van der Waals surface area contributed by atoms with Crippen LogP contribution in [0.1, 0.15) is 48.9 Å². The van der Waals surface area contributed by atoms with Crippen molar-refractivity contribution in [1.82, 2.24) is 10.2 Å². The molecule has 30 heavy (non-hydrogen) atoms. The maximum atomic E-state index is 14.2. The molecule has 2 saturated carbocycles. The molecule has 1 N–H and O–H groups in total. The number of hydrogen-bond acceptors (Lipinski definition) is 3. The standard InChI is InChI=1S/C22H28F4N2O2/c23-20-12-17(3-4-18(20)21(29)27-16-1-2-16)30-10-7-15-11-19(15)14-5-8-28(9-6-14)13-22(24,25)26/h3-4,12,14-16,19H,1-2,5-11,13H2,(H,27,29)/t15?,19-/m1/s1. The van der Waals surface area contributed by atoms with Crippen molar-refractivity contribution in [2.45, 2.75) is 50.7 Å². The van der Waals surface area contributed by atoms with Crippen LogP contribution < -0.4 is 10.1 Å². The molecular weight excluding hydrogens is 400 g/mol. The number of likely N-dealkylation sites (tertiary alicyclic amines) is 1.